The smallest absolute Gasteiger partial charge is 0.264 e. The Morgan fingerprint density at radius 3 is 1.95 bits per heavy atom. The zero-order chi connectivity index (χ0) is 31.9. The first-order chi connectivity index (χ1) is 21.0. The first-order valence-electron chi connectivity index (χ1n) is 14.8. The number of amides is 2. The quantitative estimate of drug-likeness (QED) is 0.214. The van der Waals surface area contributed by atoms with Crippen LogP contribution in [0, 0.1) is 20.8 Å². The summed E-state index contributed by atoms with van der Waals surface area (Å²) >= 11 is 0. The van der Waals surface area contributed by atoms with Gasteiger partial charge in [0.05, 0.1) is 10.6 Å². The zero-order valence-electron chi connectivity index (χ0n) is 26.0. The average Bonchev–Trinajstić information content (AvgIpc) is 2.99. The molecule has 44 heavy (non-hydrogen) atoms. The van der Waals surface area contributed by atoms with Crippen LogP contribution in [-0.2, 0) is 32.6 Å². The van der Waals surface area contributed by atoms with Gasteiger partial charge in [0, 0.05) is 19.0 Å². The fraction of sp³-hybridized carbons (Fsp3) is 0.278. The van der Waals surface area contributed by atoms with Crippen molar-refractivity contribution >= 4 is 27.5 Å². The molecule has 1 unspecified atom stereocenters. The number of hydrogen-bond donors (Lipinski definition) is 1. The maximum Gasteiger partial charge on any atom is 0.264 e. The van der Waals surface area contributed by atoms with Gasteiger partial charge in [-0.2, -0.15) is 0 Å². The molecule has 0 bridgehead atoms. The van der Waals surface area contributed by atoms with Crippen molar-refractivity contribution in [2.45, 2.75) is 64.6 Å². The number of carbonyl (C=O) groups is 2. The standard InChI is InChI=1S/C36H41N3O4S/c1-26(2)37-36(41)34(23-30-15-7-6-8-16-30)38(24-31-17-11-9-13-28(31)4)35(40)25-39(33-18-12-10-14-29(33)5)44(42,43)32-21-19-27(3)20-22-32/h6-22,26,34H,23-25H2,1-5H3,(H,37,41). The van der Waals surface area contributed by atoms with E-state index < -0.39 is 28.5 Å². The second-order valence-corrected chi connectivity index (χ2v) is 13.3. The lowest BCUT2D eigenvalue weighted by Crippen LogP contribution is -2.54. The summed E-state index contributed by atoms with van der Waals surface area (Å²) in [5.74, 6) is -0.776. The minimum absolute atomic E-state index is 0.0861. The molecule has 0 radical (unpaired) electrons. The number of nitrogens with one attached hydrogen (secondary N) is 1. The van der Waals surface area contributed by atoms with Crippen LogP contribution in [0.2, 0.25) is 0 Å². The summed E-state index contributed by atoms with van der Waals surface area (Å²) < 4.78 is 29.5. The van der Waals surface area contributed by atoms with Crippen LogP contribution < -0.4 is 9.62 Å². The summed E-state index contributed by atoms with van der Waals surface area (Å²) in [7, 11) is -4.14. The SMILES string of the molecule is Cc1ccc(S(=O)(=O)N(CC(=O)N(Cc2ccccc2C)C(Cc2ccccc2)C(=O)NC(C)C)c2ccccc2C)cc1. The van der Waals surface area contributed by atoms with E-state index in [-0.39, 0.29) is 29.8 Å². The number of rotatable bonds is 12. The van der Waals surface area contributed by atoms with E-state index in [2.05, 4.69) is 5.32 Å². The number of carbonyl (C=O) groups excluding carboxylic acids is 2. The Morgan fingerprint density at radius 1 is 0.750 bits per heavy atom. The maximum absolute atomic E-state index is 14.5. The summed E-state index contributed by atoms with van der Waals surface area (Å²) in [6.07, 6.45) is 0.270. The molecule has 230 valence electrons. The van der Waals surface area contributed by atoms with Gasteiger partial charge in [0.1, 0.15) is 12.6 Å². The highest BCUT2D eigenvalue weighted by molar-refractivity contribution is 7.92. The van der Waals surface area contributed by atoms with Crippen molar-refractivity contribution in [3.63, 3.8) is 0 Å². The van der Waals surface area contributed by atoms with Crippen LogP contribution in [0.3, 0.4) is 0 Å². The molecule has 0 aliphatic carbocycles. The molecule has 1 atom stereocenters. The molecule has 0 fully saturated rings. The first-order valence-corrected chi connectivity index (χ1v) is 16.2. The highest BCUT2D eigenvalue weighted by Gasteiger charge is 2.35. The molecular weight excluding hydrogens is 570 g/mol. The Bertz CT molecular complexity index is 1690. The van der Waals surface area contributed by atoms with Crippen molar-refractivity contribution < 1.29 is 18.0 Å². The molecule has 4 aromatic rings. The monoisotopic (exact) mass is 611 g/mol. The second-order valence-electron chi connectivity index (χ2n) is 11.4. The largest absolute Gasteiger partial charge is 0.352 e. The van der Waals surface area contributed by atoms with Gasteiger partial charge >= 0.3 is 0 Å². The molecule has 0 aliphatic rings. The van der Waals surface area contributed by atoms with Gasteiger partial charge in [-0.1, -0.05) is 90.5 Å². The fourth-order valence-corrected chi connectivity index (χ4v) is 6.58. The molecule has 4 aromatic carbocycles. The van der Waals surface area contributed by atoms with Gasteiger partial charge in [-0.25, -0.2) is 8.42 Å². The molecule has 8 heteroatoms. The number of anilines is 1. The van der Waals surface area contributed by atoms with Crippen LogP contribution >= 0.6 is 0 Å². The van der Waals surface area contributed by atoms with E-state index in [1.807, 2.05) is 101 Å². The summed E-state index contributed by atoms with van der Waals surface area (Å²) in [5.41, 5.74) is 4.77. The molecule has 0 heterocycles. The lowest BCUT2D eigenvalue weighted by atomic mass is 10.0. The third kappa shape index (κ3) is 7.94. The molecule has 2 amide bonds. The topological polar surface area (TPSA) is 86.8 Å². The van der Waals surface area contributed by atoms with Crippen LogP contribution in [0.25, 0.3) is 0 Å². The fourth-order valence-electron chi connectivity index (χ4n) is 5.10. The summed E-state index contributed by atoms with van der Waals surface area (Å²) in [5, 5.41) is 2.99. The lowest BCUT2D eigenvalue weighted by molar-refractivity contribution is -0.140. The van der Waals surface area contributed by atoms with E-state index in [1.54, 1.807) is 36.4 Å². The first kappa shape index (κ1) is 32.5. The molecule has 1 N–H and O–H groups in total. The Kier molecular flexibility index (Phi) is 10.6. The molecule has 7 nitrogen and oxygen atoms in total. The molecule has 0 aromatic heterocycles. The predicted molar refractivity (Wildman–Crippen MR) is 176 cm³/mol. The van der Waals surface area contributed by atoms with E-state index in [4.69, 9.17) is 0 Å². The van der Waals surface area contributed by atoms with Crippen molar-refractivity contribution in [2.24, 2.45) is 0 Å². The van der Waals surface area contributed by atoms with Gasteiger partial charge in [0.25, 0.3) is 10.0 Å². The Balaban J connectivity index is 1.82. The third-order valence-corrected chi connectivity index (χ3v) is 9.35. The van der Waals surface area contributed by atoms with E-state index in [1.165, 1.54) is 9.21 Å². The Labute approximate surface area is 261 Å². The van der Waals surface area contributed by atoms with Crippen molar-refractivity contribution in [3.8, 4) is 0 Å². The average molecular weight is 612 g/mol. The zero-order valence-corrected chi connectivity index (χ0v) is 26.8. The summed E-state index contributed by atoms with van der Waals surface area (Å²) in [6.45, 7) is 9.07. The van der Waals surface area contributed by atoms with Gasteiger partial charge in [-0.3, -0.25) is 13.9 Å². The van der Waals surface area contributed by atoms with E-state index in [0.717, 1.165) is 22.3 Å². The molecule has 0 aliphatic heterocycles. The van der Waals surface area contributed by atoms with Gasteiger partial charge in [-0.15, -0.1) is 0 Å². The summed E-state index contributed by atoms with van der Waals surface area (Å²) in [6, 6.07) is 29.9. The van der Waals surface area contributed by atoms with Crippen LogP contribution in [0.1, 0.15) is 41.7 Å². The van der Waals surface area contributed by atoms with Gasteiger partial charge in [-0.05, 0) is 75.1 Å². The third-order valence-electron chi connectivity index (χ3n) is 7.58. The minimum atomic E-state index is -4.14. The summed E-state index contributed by atoms with van der Waals surface area (Å²) in [4.78, 5) is 30.0. The maximum atomic E-state index is 14.5. The lowest BCUT2D eigenvalue weighted by Gasteiger charge is -2.34. The molecule has 0 saturated carbocycles. The van der Waals surface area contributed by atoms with Crippen LogP contribution in [-0.4, -0.2) is 43.8 Å². The molecule has 0 spiro atoms. The van der Waals surface area contributed by atoms with Crippen LogP contribution in [0.15, 0.2) is 108 Å². The van der Waals surface area contributed by atoms with Crippen molar-refractivity contribution in [1.29, 1.82) is 0 Å². The number of nitrogens with zero attached hydrogens (tertiary/aromatic N) is 2. The van der Waals surface area contributed by atoms with E-state index in [0.29, 0.717) is 11.3 Å². The Hall–Kier alpha value is -4.43. The number of benzene rings is 4. The van der Waals surface area contributed by atoms with Gasteiger partial charge in [0.15, 0.2) is 0 Å². The van der Waals surface area contributed by atoms with E-state index in [9.17, 15) is 18.0 Å². The predicted octanol–water partition coefficient (Wildman–Crippen LogP) is 5.97. The molecule has 0 saturated heterocycles. The minimum Gasteiger partial charge on any atom is -0.352 e. The van der Waals surface area contributed by atoms with Crippen molar-refractivity contribution in [3.05, 3.63) is 131 Å². The highest BCUT2D eigenvalue weighted by atomic mass is 32.2. The van der Waals surface area contributed by atoms with Gasteiger partial charge < -0.3 is 10.2 Å². The van der Waals surface area contributed by atoms with Crippen molar-refractivity contribution in [2.75, 3.05) is 10.8 Å². The number of hydrogen-bond acceptors (Lipinski definition) is 4. The second kappa shape index (κ2) is 14.4. The number of para-hydroxylation sites is 1. The van der Waals surface area contributed by atoms with Crippen molar-refractivity contribution in [1.82, 2.24) is 10.2 Å². The van der Waals surface area contributed by atoms with Crippen LogP contribution in [0.5, 0.6) is 0 Å². The molecular formula is C36H41N3O4S. The Morgan fingerprint density at radius 2 is 1.34 bits per heavy atom. The normalized spacial score (nSPS) is 12.0. The van der Waals surface area contributed by atoms with E-state index >= 15 is 0 Å². The van der Waals surface area contributed by atoms with Gasteiger partial charge in [0.2, 0.25) is 11.8 Å². The number of aryl methyl sites for hydroxylation is 3. The molecule has 4 rings (SSSR count). The number of sulfonamides is 1. The van der Waals surface area contributed by atoms with Crippen LogP contribution in [0.4, 0.5) is 5.69 Å². The highest BCUT2D eigenvalue weighted by Crippen LogP contribution is 2.28.